The summed E-state index contributed by atoms with van der Waals surface area (Å²) >= 11 is 1.38. The number of hydrogen-bond donors (Lipinski definition) is 1. The third kappa shape index (κ3) is 5.27. The van der Waals surface area contributed by atoms with Crippen molar-refractivity contribution in [3.63, 3.8) is 0 Å². The van der Waals surface area contributed by atoms with Crippen molar-refractivity contribution in [2.75, 3.05) is 12.8 Å². The highest BCUT2D eigenvalue weighted by molar-refractivity contribution is 7.98. The number of rotatable bonds is 7. The molecule has 2 N–H and O–H groups in total. The molecule has 1 heterocycles. The molecule has 0 atom stereocenters. The standard InChI is InChI=1S/C22H20N4O3S/c1-14-4-3-5-17(10-14)29-12-19-18(11-23)20(24)26-22(25-19)30-13-15-6-8-16(9-7-15)21(27)28-2/h3-10H,12-13H2,1-2H3,(H2,24,25,26). The van der Waals surface area contributed by atoms with Crippen LogP contribution in [-0.4, -0.2) is 23.0 Å². The van der Waals surface area contributed by atoms with E-state index in [1.165, 1.54) is 18.9 Å². The van der Waals surface area contributed by atoms with Gasteiger partial charge in [0.25, 0.3) is 0 Å². The van der Waals surface area contributed by atoms with Crippen LogP contribution in [0.5, 0.6) is 5.75 Å². The molecule has 152 valence electrons. The Kier molecular flexibility index (Phi) is 6.88. The Morgan fingerprint density at radius 1 is 1.20 bits per heavy atom. The molecule has 2 aromatic carbocycles. The molecule has 0 aliphatic rings. The van der Waals surface area contributed by atoms with Gasteiger partial charge >= 0.3 is 5.97 Å². The largest absolute Gasteiger partial charge is 0.487 e. The normalized spacial score (nSPS) is 10.3. The molecule has 0 unspecified atom stereocenters. The van der Waals surface area contributed by atoms with Crippen LogP contribution in [0.3, 0.4) is 0 Å². The number of nitrogen functional groups attached to an aromatic ring is 1. The molecule has 1 aromatic heterocycles. The lowest BCUT2D eigenvalue weighted by atomic mass is 10.1. The van der Waals surface area contributed by atoms with E-state index < -0.39 is 0 Å². The fourth-order valence-corrected chi connectivity index (χ4v) is 3.48. The van der Waals surface area contributed by atoms with Crippen molar-refractivity contribution in [2.45, 2.75) is 24.4 Å². The first-order valence-electron chi connectivity index (χ1n) is 9.06. The lowest BCUT2D eigenvalue weighted by Gasteiger charge is -2.10. The van der Waals surface area contributed by atoms with Gasteiger partial charge in [-0.15, -0.1) is 0 Å². The van der Waals surface area contributed by atoms with Crippen LogP contribution < -0.4 is 10.5 Å². The number of nitriles is 1. The smallest absolute Gasteiger partial charge is 0.337 e. The van der Waals surface area contributed by atoms with Crippen LogP contribution in [0.25, 0.3) is 0 Å². The van der Waals surface area contributed by atoms with E-state index in [1.54, 1.807) is 12.1 Å². The zero-order valence-electron chi connectivity index (χ0n) is 16.6. The van der Waals surface area contributed by atoms with Gasteiger partial charge in [-0.25, -0.2) is 14.8 Å². The number of esters is 1. The Hall–Kier alpha value is -3.57. The maximum absolute atomic E-state index is 11.5. The van der Waals surface area contributed by atoms with Gasteiger partial charge in [0.05, 0.1) is 12.7 Å². The highest BCUT2D eigenvalue weighted by atomic mass is 32.2. The summed E-state index contributed by atoms with van der Waals surface area (Å²) in [4.78, 5) is 20.2. The lowest BCUT2D eigenvalue weighted by molar-refractivity contribution is 0.0600. The highest BCUT2D eigenvalue weighted by Crippen LogP contribution is 2.24. The van der Waals surface area contributed by atoms with E-state index >= 15 is 0 Å². The number of nitrogens with zero attached hydrogens (tertiary/aromatic N) is 3. The van der Waals surface area contributed by atoms with Crippen molar-refractivity contribution in [3.05, 3.63) is 76.5 Å². The zero-order chi connectivity index (χ0) is 21.5. The molecule has 30 heavy (non-hydrogen) atoms. The first kappa shape index (κ1) is 21.1. The molecule has 0 saturated carbocycles. The van der Waals surface area contributed by atoms with Crippen LogP contribution in [-0.2, 0) is 17.1 Å². The average Bonchev–Trinajstić information content (AvgIpc) is 2.76. The third-order valence-electron chi connectivity index (χ3n) is 4.21. The van der Waals surface area contributed by atoms with Gasteiger partial charge in [-0.3, -0.25) is 0 Å². The summed E-state index contributed by atoms with van der Waals surface area (Å²) in [5.74, 6) is 1.01. The monoisotopic (exact) mass is 420 g/mol. The number of carbonyl (C=O) groups is 1. The fraction of sp³-hybridized carbons (Fsp3) is 0.182. The number of carbonyl (C=O) groups excluding carboxylic acids is 1. The minimum atomic E-state index is -0.379. The Labute approximate surface area is 178 Å². The van der Waals surface area contributed by atoms with E-state index in [0.717, 1.165) is 11.1 Å². The quantitative estimate of drug-likeness (QED) is 0.348. The molecule has 3 aromatic rings. The van der Waals surface area contributed by atoms with Gasteiger partial charge in [0.15, 0.2) is 5.16 Å². The van der Waals surface area contributed by atoms with E-state index in [2.05, 4.69) is 16.0 Å². The first-order valence-corrected chi connectivity index (χ1v) is 10.0. The van der Waals surface area contributed by atoms with E-state index in [4.69, 9.17) is 15.2 Å². The number of anilines is 1. The molecule has 0 saturated heterocycles. The number of aryl methyl sites for hydroxylation is 1. The Morgan fingerprint density at radius 2 is 1.97 bits per heavy atom. The van der Waals surface area contributed by atoms with Gasteiger partial charge < -0.3 is 15.2 Å². The summed E-state index contributed by atoms with van der Waals surface area (Å²) in [5.41, 5.74) is 9.17. The molecule has 3 rings (SSSR count). The van der Waals surface area contributed by atoms with Gasteiger partial charge in [0.2, 0.25) is 0 Å². The van der Waals surface area contributed by atoms with Crippen LogP contribution in [0.15, 0.2) is 53.7 Å². The van der Waals surface area contributed by atoms with E-state index in [-0.39, 0.29) is 24.0 Å². The van der Waals surface area contributed by atoms with Gasteiger partial charge in [0.1, 0.15) is 35.5 Å². The molecule has 0 bridgehead atoms. The minimum absolute atomic E-state index is 0.112. The summed E-state index contributed by atoms with van der Waals surface area (Å²) in [5, 5.41) is 9.87. The molecular formula is C22H20N4O3S. The van der Waals surface area contributed by atoms with Crippen molar-refractivity contribution >= 4 is 23.5 Å². The predicted octanol–water partition coefficient (Wildman–Crippen LogP) is 3.90. The molecule has 0 amide bonds. The minimum Gasteiger partial charge on any atom is -0.487 e. The first-order chi connectivity index (χ1) is 14.5. The number of methoxy groups -OCH3 is 1. The summed E-state index contributed by atoms with van der Waals surface area (Å²) in [6.45, 7) is 2.09. The number of hydrogen-bond acceptors (Lipinski definition) is 8. The second kappa shape index (κ2) is 9.76. The van der Waals surface area contributed by atoms with Gasteiger partial charge in [0, 0.05) is 5.75 Å². The lowest BCUT2D eigenvalue weighted by Crippen LogP contribution is -2.08. The third-order valence-corrected chi connectivity index (χ3v) is 5.13. The van der Waals surface area contributed by atoms with Crippen molar-refractivity contribution in [3.8, 4) is 11.8 Å². The summed E-state index contributed by atoms with van der Waals surface area (Å²) in [6, 6.07) is 16.8. The van der Waals surface area contributed by atoms with E-state index in [1.807, 2.05) is 43.3 Å². The molecule has 0 aliphatic carbocycles. The van der Waals surface area contributed by atoms with Gasteiger partial charge in [-0.1, -0.05) is 36.0 Å². The average molecular weight is 420 g/mol. The predicted molar refractivity (Wildman–Crippen MR) is 114 cm³/mol. The summed E-state index contributed by atoms with van der Waals surface area (Å²) in [7, 11) is 1.35. The Balaban J connectivity index is 1.72. The van der Waals surface area contributed by atoms with Crippen LogP contribution >= 0.6 is 11.8 Å². The van der Waals surface area contributed by atoms with Gasteiger partial charge in [-0.05, 0) is 42.3 Å². The summed E-state index contributed by atoms with van der Waals surface area (Å²) in [6.07, 6.45) is 0. The van der Waals surface area contributed by atoms with Crippen LogP contribution in [0, 0.1) is 18.3 Å². The van der Waals surface area contributed by atoms with E-state index in [9.17, 15) is 10.1 Å². The van der Waals surface area contributed by atoms with Gasteiger partial charge in [-0.2, -0.15) is 5.26 Å². The number of aromatic nitrogens is 2. The van der Waals surface area contributed by atoms with E-state index in [0.29, 0.717) is 27.9 Å². The zero-order valence-corrected chi connectivity index (χ0v) is 17.4. The van der Waals surface area contributed by atoms with Crippen molar-refractivity contribution < 1.29 is 14.3 Å². The van der Waals surface area contributed by atoms with Crippen molar-refractivity contribution in [2.24, 2.45) is 0 Å². The molecule has 0 fully saturated rings. The SMILES string of the molecule is COC(=O)c1ccc(CSc2nc(N)c(C#N)c(COc3cccc(C)c3)n2)cc1. The molecular weight excluding hydrogens is 400 g/mol. The molecule has 0 aliphatic heterocycles. The molecule has 0 radical (unpaired) electrons. The fourth-order valence-electron chi connectivity index (χ4n) is 2.65. The second-order valence-corrected chi connectivity index (χ2v) is 7.35. The Bertz CT molecular complexity index is 1090. The maximum atomic E-state index is 11.5. The van der Waals surface area contributed by atoms with Crippen molar-refractivity contribution in [1.29, 1.82) is 5.26 Å². The maximum Gasteiger partial charge on any atom is 0.337 e. The number of ether oxygens (including phenoxy) is 2. The number of nitrogens with two attached hydrogens (primary N) is 1. The number of benzene rings is 2. The molecule has 7 nitrogen and oxygen atoms in total. The van der Waals surface area contributed by atoms with Crippen LogP contribution in [0.1, 0.15) is 32.7 Å². The molecule has 0 spiro atoms. The van der Waals surface area contributed by atoms with Crippen LogP contribution in [0.4, 0.5) is 5.82 Å². The number of thioether (sulfide) groups is 1. The topological polar surface area (TPSA) is 111 Å². The Morgan fingerprint density at radius 3 is 2.63 bits per heavy atom. The highest BCUT2D eigenvalue weighted by Gasteiger charge is 2.14. The second-order valence-electron chi connectivity index (χ2n) is 6.41. The van der Waals surface area contributed by atoms with Crippen LogP contribution in [0.2, 0.25) is 0 Å². The molecule has 8 heteroatoms. The summed E-state index contributed by atoms with van der Waals surface area (Å²) < 4.78 is 10.5. The van der Waals surface area contributed by atoms with Crippen molar-refractivity contribution in [1.82, 2.24) is 9.97 Å².